The molecule has 1 aromatic rings. The number of nitrogens with zero attached hydrogens (tertiary/aromatic N) is 3. The van der Waals surface area contributed by atoms with Gasteiger partial charge in [0, 0.05) is 18.1 Å². The Labute approximate surface area is 146 Å². The van der Waals surface area contributed by atoms with E-state index in [0.29, 0.717) is 18.1 Å². The van der Waals surface area contributed by atoms with Crippen LogP contribution in [0.5, 0.6) is 0 Å². The normalized spacial score (nSPS) is 30.1. The molecule has 1 aromatic heterocycles. The molecule has 3 atom stereocenters. The maximum atomic E-state index is 12.7. The van der Waals surface area contributed by atoms with Gasteiger partial charge >= 0.3 is 5.97 Å². The van der Waals surface area contributed by atoms with Crippen LogP contribution in [0.15, 0.2) is 10.4 Å². The molecular formula is C13H18N4O3S3. The van der Waals surface area contributed by atoms with Crippen molar-refractivity contribution in [2.75, 3.05) is 18.1 Å². The Morgan fingerprint density at radius 3 is 3.09 bits per heavy atom. The monoisotopic (exact) mass is 374 g/mol. The average Bonchev–Trinajstić information content (AvgIpc) is 3.04. The molecule has 23 heavy (non-hydrogen) atoms. The highest BCUT2D eigenvalue weighted by atomic mass is 32.2. The highest BCUT2D eigenvalue weighted by molar-refractivity contribution is 8.01. The number of carbonyl (C=O) groups is 2. The number of rotatable bonds is 5. The van der Waals surface area contributed by atoms with Gasteiger partial charge in [-0.2, -0.15) is 0 Å². The van der Waals surface area contributed by atoms with Crippen LogP contribution >= 0.6 is 35.1 Å². The Bertz CT molecular complexity index is 597. The van der Waals surface area contributed by atoms with Crippen LogP contribution in [0.1, 0.15) is 13.8 Å². The van der Waals surface area contributed by atoms with E-state index in [4.69, 9.17) is 10.5 Å². The quantitative estimate of drug-likeness (QED) is 0.459. The minimum atomic E-state index is -0.726. The summed E-state index contributed by atoms with van der Waals surface area (Å²) in [6, 6.07) is -0.447. The predicted molar refractivity (Wildman–Crippen MR) is 90.2 cm³/mol. The van der Waals surface area contributed by atoms with E-state index in [1.807, 2.05) is 13.8 Å². The zero-order chi connectivity index (χ0) is 16.6. The summed E-state index contributed by atoms with van der Waals surface area (Å²) in [5.41, 5.74) is 5.10. The fraction of sp³-hybridized carbons (Fsp3) is 0.692. The SMILES string of the molecule is CC(C)OC(=O)C1(CSc2cnns2)CS[C@@H]2C(N)C(=O)N2C1. The summed E-state index contributed by atoms with van der Waals surface area (Å²) < 4.78 is 10.2. The summed E-state index contributed by atoms with van der Waals surface area (Å²) in [6.07, 6.45) is 1.49. The third kappa shape index (κ3) is 3.21. The van der Waals surface area contributed by atoms with Crippen molar-refractivity contribution in [1.29, 1.82) is 0 Å². The van der Waals surface area contributed by atoms with E-state index in [0.717, 1.165) is 4.21 Å². The lowest BCUT2D eigenvalue weighted by Crippen LogP contribution is -2.72. The fourth-order valence-corrected chi connectivity index (χ4v) is 5.79. The number of carbonyl (C=O) groups excluding carboxylic acids is 2. The number of ether oxygens (including phenoxy) is 1. The Morgan fingerprint density at radius 1 is 1.65 bits per heavy atom. The molecule has 0 spiro atoms. The molecule has 2 unspecified atom stereocenters. The second-order valence-corrected chi connectivity index (χ2v) is 9.12. The van der Waals surface area contributed by atoms with Gasteiger partial charge in [0.2, 0.25) is 5.91 Å². The van der Waals surface area contributed by atoms with Gasteiger partial charge in [-0.15, -0.1) is 28.6 Å². The molecule has 0 aliphatic carbocycles. The Kier molecular flexibility index (Phi) is 4.86. The molecule has 7 nitrogen and oxygen atoms in total. The molecule has 2 aliphatic heterocycles. The molecule has 1 amide bonds. The van der Waals surface area contributed by atoms with Crippen molar-refractivity contribution in [2.24, 2.45) is 11.1 Å². The van der Waals surface area contributed by atoms with Crippen LogP contribution in [0.25, 0.3) is 0 Å². The topological polar surface area (TPSA) is 98.4 Å². The zero-order valence-corrected chi connectivity index (χ0v) is 15.2. The van der Waals surface area contributed by atoms with Crippen LogP contribution < -0.4 is 5.73 Å². The van der Waals surface area contributed by atoms with Crippen molar-refractivity contribution in [3.8, 4) is 0 Å². The molecule has 2 N–H and O–H groups in total. The summed E-state index contributed by atoms with van der Waals surface area (Å²) in [4.78, 5) is 26.4. The fourth-order valence-electron chi connectivity index (χ4n) is 2.57. The molecule has 2 aliphatic rings. The number of thioether (sulfide) groups is 2. The molecule has 3 heterocycles. The van der Waals surface area contributed by atoms with Gasteiger partial charge in [0.25, 0.3) is 0 Å². The molecule has 0 radical (unpaired) electrons. The van der Waals surface area contributed by atoms with E-state index in [2.05, 4.69) is 9.59 Å². The molecule has 2 fully saturated rings. The summed E-state index contributed by atoms with van der Waals surface area (Å²) in [5.74, 6) is 0.784. The minimum Gasteiger partial charge on any atom is -0.462 e. The van der Waals surface area contributed by atoms with Crippen LogP contribution in [0.4, 0.5) is 0 Å². The molecule has 0 bridgehead atoms. The first-order valence-electron chi connectivity index (χ1n) is 7.22. The second kappa shape index (κ2) is 6.58. The summed E-state index contributed by atoms with van der Waals surface area (Å²) in [5, 5.41) is 3.79. The van der Waals surface area contributed by atoms with Crippen LogP contribution in [0, 0.1) is 5.41 Å². The van der Waals surface area contributed by atoms with Crippen molar-refractivity contribution < 1.29 is 14.3 Å². The number of hydrogen-bond donors (Lipinski definition) is 1. The van der Waals surface area contributed by atoms with Crippen LogP contribution in [-0.4, -0.2) is 61.9 Å². The lowest BCUT2D eigenvalue weighted by molar-refractivity contribution is -0.162. The van der Waals surface area contributed by atoms with Gasteiger partial charge in [-0.3, -0.25) is 9.59 Å². The van der Waals surface area contributed by atoms with Crippen molar-refractivity contribution in [1.82, 2.24) is 14.5 Å². The molecule has 0 aromatic carbocycles. The minimum absolute atomic E-state index is 0.0162. The number of aromatic nitrogens is 2. The van der Waals surface area contributed by atoms with Gasteiger partial charge in [-0.25, -0.2) is 0 Å². The van der Waals surface area contributed by atoms with Crippen molar-refractivity contribution in [3.05, 3.63) is 6.20 Å². The van der Waals surface area contributed by atoms with Crippen molar-refractivity contribution in [2.45, 2.75) is 35.6 Å². The standard InChI is InChI=1S/C13H18N4O3S3/c1-7(2)20-12(19)13(5-21-8-3-15-16-23-8)4-17-10(18)9(14)11(17)22-6-13/h3,7,9,11H,4-6,14H2,1-2H3/t9?,11-,13?/m1/s1. The highest BCUT2D eigenvalue weighted by Gasteiger charge is 2.56. The Morgan fingerprint density at radius 2 is 2.43 bits per heavy atom. The van der Waals surface area contributed by atoms with Gasteiger partial charge in [-0.05, 0) is 25.4 Å². The number of esters is 1. The Hall–Kier alpha value is -0.840. The second-order valence-electron chi connectivity index (χ2n) is 5.95. The Balaban J connectivity index is 1.76. The molecule has 10 heteroatoms. The first-order valence-corrected chi connectivity index (χ1v) is 10.0. The first kappa shape index (κ1) is 17.0. The molecule has 126 valence electrons. The van der Waals surface area contributed by atoms with E-state index in [-0.39, 0.29) is 23.4 Å². The molecule has 0 saturated carbocycles. The van der Waals surface area contributed by atoms with Gasteiger partial charge in [0.15, 0.2) is 0 Å². The summed E-state index contributed by atoms with van der Waals surface area (Å²) in [7, 11) is 0. The van der Waals surface area contributed by atoms with Gasteiger partial charge < -0.3 is 15.4 Å². The summed E-state index contributed by atoms with van der Waals surface area (Å²) in [6.45, 7) is 4.02. The van der Waals surface area contributed by atoms with E-state index in [9.17, 15) is 9.59 Å². The largest absolute Gasteiger partial charge is 0.462 e. The van der Waals surface area contributed by atoms with E-state index in [1.165, 1.54) is 23.3 Å². The van der Waals surface area contributed by atoms with Gasteiger partial charge in [0.1, 0.15) is 21.0 Å². The molecule has 2 saturated heterocycles. The highest BCUT2D eigenvalue weighted by Crippen LogP contribution is 2.44. The molecular weight excluding hydrogens is 356 g/mol. The van der Waals surface area contributed by atoms with Crippen LogP contribution in [-0.2, 0) is 14.3 Å². The van der Waals surface area contributed by atoms with E-state index < -0.39 is 11.5 Å². The maximum Gasteiger partial charge on any atom is 0.315 e. The van der Waals surface area contributed by atoms with E-state index >= 15 is 0 Å². The zero-order valence-electron chi connectivity index (χ0n) is 12.8. The van der Waals surface area contributed by atoms with Crippen LogP contribution in [0.2, 0.25) is 0 Å². The van der Waals surface area contributed by atoms with Crippen molar-refractivity contribution in [3.63, 3.8) is 0 Å². The first-order chi connectivity index (χ1) is 10.9. The lowest BCUT2D eigenvalue weighted by atomic mass is 9.89. The summed E-state index contributed by atoms with van der Waals surface area (Å²) >= 11 is 4.38. The number of fused-ring (bicyclic) bond motifs is 1. The van der Waals surface area contributed by atoms with Gasteiger partial charge in [-0.1, -0.05) is 4.49 Å². The average molecular weight is 375 g/mol. The number of hydrogen-bond acceptors (Lipinski definition) is 9. The third-order valence-corrected chi connectivity index (χ3v) is 7.53. The predicted octanol–water partition coefficient (Wildman–Crippen LogP) is 0.811. The number of β-lactam (4-membered cyclic amide) rings is 1. The smallest absolute Gasteiger partial charge is 0.315 e. The maximum absolute atomic E-state index is 12.7. The van der Waals surface area contributed by atoms with Crippen molar-refractivity contribution >= 4 is 46.9 Å². The number of nitrogens with two attached hydrogens (primary N) is 1. The lowest BCUT2D eigenvalue weighted by Gasteiger charge is -2.53. The van der Waals surface area contributed by atoms with Gasteiger partial charge in [0.05, 0.1) is 12.3 Å². The molecule has 3 rings (SSSR count). The third-order valence-electron chi connectivity index (χ3n) is 3.79. The van der Waals surface area contributed by atoms with Crippen LogP contribution in [0.3, 0.4) is 0 Å². The van der Waals surface area contributed by atoms with E-state index in [1.54, 1.807) is 22.9 Å². The number of amides is 1.